The van der Waals surface area contributed by atoms with E-state index in [0.717, 1.165) is 0 Å². The maximum absolute atomic E-state index is 5.08. The molecule has 5 heavy (non-hydrogen) atoms. The molecule has 0 saturated heterocycles. The van der Waals surface area contributed by atoms with Gasteiger partial charge in [-0.15, -0.1) is 31.5 Å². The van der Waals surface area contributed by atoms with Crippen LogP contribution in [0.15, 0.2) is 0 Å². The van der Waals surface area contributed by atoms with E-state index >= 15 is 0 Å². The van der Waals surface area contributed by atoms with Crippen LogP contribution in [0.3, 0.4) is 0 Å². The minimum atomic E-state index is 0.287. The van der Waals surface area contributed by atoms with Crippen molar-refractivity contribution in [2.75, 3.05) is 6.44 Å². The van der Waals surface area contributed by atoms with Crippen LogP contribution in [0.25, 0.3) is 0 Å². The number of rotatable bonds is 1. The highest BCUT2D eigenvalue weighted by Crippen LogP contribution is 1.96. The molecule has 0 aliphatic carbocycles. The van der Waals surface area contributed by atoms with Crippen molar-refractivity contribution in [2.45, 2.75) is 0 Å². The van der Waals surface area contributed by atoms with Crippen molar-refractivity contribution in [2.24, 2.45) is 5.73 Å². The van der Waals surface area contributed by atoms with Gasteiger partial charge in [-0.3, -0.25) is 0 Å². The van der Waals surface area contributed by atoms with Crippen molar-refractivity contribution < 1.29 is 0 Å². The van der Waals surface area contributed by atoms with E-state index in [1.807, 2.05) is 0 Å². The summed E-state index contributed by atoms with van der Waals surface area (Å²) in [5.74, 6) is 0. The zero-order chi connectivity index (χ0) is 4.28. The Morgan fingerprint density at radius 1 is 1.60 bits per heavy atom. The Hall–Kier alpha value is 0.985. The second-order valence-corrected chi connectivity index (χ2v) is 4.07. The molecule has 1 nitrogen and oxygen atoms in total. The second-order valence-electron chi connectivity index (χ2n) is 0.627. The first-order valence-corrected chi connectivity index (χ1v) is 3.08. The lowest BCUT2D eigenvalue weighted by molar-refractivity contribution is 1.38. The van der Waals surface area contributed by atoms with Gasteiger partial charge in [-0.2, -0.15) is 0 Å². The topological polar surface area (TPSA) is 26.0 Å². The van der Waals surface area contributed by atoms with Crippen LogP contribution in [0.2, 0.25) is 0 Å². The minimum absolute atomic E-state index is 0.287. The van der Waals surface area contributed by atoms with Crippen LogP contribution in [-0.2, 0) is 0 Å². The third-order valence-electron chi connectivity index (χ3n) is 0.178. The minimum Gasteiger partial charge on any atom is -0.336 e. The van der Waals surface area contributed by atoms with Crippen molar-refractivity contribution in [1.82, 2.24) is 0 Å². The van der Waals surface area contributed by atoms with Gasteiger partial charge in [0.25, 0.3) is 0 Å². The Morgan fingerprint density at radius 3 is 1.80 bits per heavy atom. The van der Waals surface area contributed by atoms with Crippen LogP contribution in [0.4, 0.5) is 0 Å². The Bertz CT molecular complexity index is 23.6. The normalized spacial score (nSPS) is 7.80. The SMILES string of the molecule is NCB(Br)Br. The van der Waals surface area contributed by atoms with Gasteiger partial charge >= 0.3 is 4.36 Å². The predicted octanol–water partition coefficient (Wildman–Crippen LogP) is 0.762. The smallest absolute Gasteiger partial charge is 0.311 e. The molecule has 0 rings (SSSR count). The molecule has 0 atom stereocenters. The highest BCUT2D eigenvalue weighted by atomic mass is 79.9. The molecule has 0 fully saturated rings. The average Bonchev–Trinajstić information content (AvgIpc) is 1.38. The van der Waals surface area contributed by atoms with Crippen molar-refractivity contribution in [3.63, 3.8) is 0 Å². The summed E-state index contributed by atoms with van der Waals surface area (Å²) in [7, 11) is 0. The van der Waals surface area contributed by atoms with E-state index in [2.05, 4.69) is 31.5 Å². The molecule has 0 spiro atoms. The lowest BCUT2D eigenvalue weighted by Crippen LogP contribution is -2.10. The molecule has 0 aliphatic heterocycles. The third-order valence-corrected chi connectivity index (χ3v) is 0.926. The molecular weight excluding hydrogens is 197 g/mol. The Morgan fingerprint density at radius 2 is 1.80 bits per heavy atom. The van der Waals surface area contributed by atoms with Crippen LogP contribution in [-0.4, -0.2) is 10.8 Å². The van der Waals surface area contributed by atoms with E-state index in [1.54, 1.807) is 0 Å². The summed E-state index contributed by atoms with van der Waals surface area (Å²) in [6.07, 6.45) is 0.639. The fourth-order valence-corrected chi connectivity index (χ4v) is 0. The first-order valence-electron chi connectivity index (χ1n) is 1.25. The summed E-state index contributed by atoms with van der Waals surface area (Å²) < 4.78 is 0.287. The summed E-state index contributed by atoms with van der Waals surface area (Å²) >= 11 is 6.33. The highest BCUT2D eigenvalue weighted by Gasteiger charge is 1.94. The molecule has 0 saturated carbocycles. The molecule has 0 radical (unpaired) electrons. The predicted molar refractivity (Wildman–Crippen MR) is 32.7 cm³/mol. The lowest BCUT2D eigenvalue weighted by Gasteiger charge is -1.80. The van der Waals surface area contributed by atoms with Crippen LogP contribution in [0, 0.1) is 0 Å². The van der Waals surface area contributed by atoms with E-state index in [4.69, 9.17) is 5.73 Å². The summed E-state index contributed by atoms with van der Waals surface area (Å²) in [5, 5.41) is 0. The van der Waals surface area contributed by atoms with Crippen molar-refractivity contribution in [1.29, 1.82) is 0 Å². The summed E-state index contributed by atoms with van der Waals surface area (Å²) in [5.41, 5.74) is 5.08. The van der Waals surface area contributed by atoms with Gasteiger partial charge in [0, 0.05) is 0 Å². The van der Waals surface area contributed by atoms with Crippen molar-refractivity contribution >= 4 is 35.9 Å². The number of halogens is 2. The maximum Gasteiger partial charge on any atom is 0.311 e. The molecule has 0 aromatic carbocycles. The zero-order valence-electron chi connectivity index (χ0n) is 2.62. The maximum atomic E-state index is 5.08. The van der Waals surface area contributed by atoms with Gasteiger partial charge in [0.15, 0.2) is 0 Å². The van der Waals surface area contributed by atoms with Gasteiger partial charge in [-0.05, 0) is 6.44 Å². The van der Waals surface area contributed by atoms with Crippen molar-refractivity contribution in [3.05, 3.63) is 0 Å². The van der Waals surface area contributed by atoms with Gasteiger partial charge in [-0.1, -0.05) is 0 Å². The molecule has 0 aliphatic rings. The van der Waals surface area contributed by atoms with Gasteiger partial charge in [0.1, 0.15) is 0 Å². The van der Waals surface area contributed by atoms with Gasteiger partial charge in [0.05, 0.1) is 0 Å². The standard InChI is InChI=1S/CH4BBr2N/c3-2(4)1-5/h1,5H2. The first-order chi connectivity index (χ1) is 2.27. The largest absolute Gasteiger partial charge is 0.336 e. The molecular formula is CH4BBr2N. The molecule has 0 unspecified atom stereocenters. The molecule has 2 N–H and O–H groups in total. The molecule has 0 aromatic rings. The molecule has 30 valence electrons. The fourth-order valence-electron chi connectivity index (χ4n) is 0. The van der Waals surface area contributed by atoms with Crippen LogP contribution >= 0.6 is 31.5 Å². The van der Waals surface area contributed by atoms with Crippen molar-refractivity contribution in [3.8, 4) is 0 Å². The number of hydrogen-bond acceptors (Lipinski definition) is 1. The second kappa shape index (κ2) is 3.19. The van der Waals surface area contributed by atoms with E-state index in [9.17, 15) is 0 Å². The molecule has 0 amide bonds. The van der Waals surface area contributed by atoms with Gasteiger partial charge in [0.2, 0.25) is 0 Å². The summed E-state index contributed by atoms with van der Waals surface area (Å²) in [6.45, 7) is 0. The Labute approximate surface area is 48.3 Å². The number of nitrogens with two attached hydrogens (primary N) is 1. The highest BCUT2D eigenvalue weighted by molar-refractivity contribution is 9.49. The fraction of sp³-hybridized carbons (Fsp3) is 1.00. The van der Waals surface area contributed by atoms with Crippen LogP contribution < -0.4 is 5.73 Å². The zero-order valence-corrected chi connectivity index (χ0v) is 5.79. The van der Waals surface area contributed by atoms with E-state index in [0.29, 0.717) is 6.44 Å². The summed E-state index contributed by atoms with van der Waals surface area (Å²) in [4.78, 5) is 0. The quantitative estimate of drug-likeness (QED) is 0.622. The van der Waals surface area contributed by atoms with Crippen LogP contribution in [0.5, 0.6) is 0 Å². The monoisotopic (exact) mass is 199 g/mol. The lowest BCUT2D eigenvalue weighted by atomic mass is 10.2. The first kappa shape index (κ1) is 5.98. The van der Waals surface area contributed by atoms with E-state index < -0.39 is 0 Å². The Kier molecular flexibility index (Phi) is 3.81. The third kappa shape index (κ3) is 4.98. The van der Waals surface area contributed by atoms with E-state index in [1.165, 1.54) is 0 Å². The summed E-state index contributed by atoms with van der Waals surface area (Å²) in [6, 6.07) is 0. The van der Waals surface area contributed by atoms with E-state index in [-0.39, 0.29) is 4.36 Å². The average molecular weight is 201 g/mol. The molecule has 4 heteroatoms. The number of hydrogen-bond donors (Lipinski definition) is 1. The Balaban J connectivity index is 2.54. The molecule has 0 bridgehead atoms. The molecule has 0 aromatic heterocycles. The van der Waals surface area contributed by atoms with Gasteiger partial charge in [-0.25, -0.2) is 0 Å². The van der Waals surface area contributed by atoms with Gasteiger partial charge < -0.3 is 5.73 Å². The molecule has 0 heterocycles. The van der Waals surface area contributed by atoms with Crippen LogP contribution in [0.1, 0.15) is 0 Å².